The van der Waals surface area contributed by atoms with Crippen LogP contribution in [0.3, 0.4) is 0 Å². The topological polar surface area (TPSA) is 7.76 Å². The van der Waals surface area contributed by atoms with Crippen LogP contribution in [0.15, 0.2) is 48.8 Å². The highest BCUT2D eigenvalue weighted by Gasteiger charge is 2.92. The summed E-state index contributed by atoms with van der Waals surface area (Å²) in [6.45, 7) is -2.99. The molecule has 0 bridgehead atoms. The average Bonchev–Trinajstić information content (AvgIpc) is 3.07. The van der Waals surface area contributed by atoms with Gasteiger partial charge >= 0.3 is 71.6 Å². The van der Waals surface area contributed by atoms with Gasteiger partial charge in [0.15, 0.2) is 36.9 Å². The van der Waals surface area contributed by atoms with Gasteiger partial charge in [-0.2, -0.15) is 114 Å². The fourth-order valence-corrected chi connectivity index (χ4v) is 4.97. The lowest BCUT2D eigenvalue weighted by molar-refractivity contribution is -0.708. The minimum absolute atomic E-state index is 0. The second-order valence-electron chi connectivity index (χ2n) is 12.5. The molecule has 350 valence electrons. The number of pyridine rings is 2. The zero-order valence-corrected chi connectivity index (χ0v) is 30.3. The van der Waals surface area contributed by atoms with Crippen molar-refractivity contribution in [1.82, 2.24) is 0 Å². The van der Waals surface area contributed by atoms with Gasteiger partial charge < -0.3 is 24.8 Å². The summed E-state index contributed by atoms with van der Waals surface area (Å²) in [6, 6.07) is 6.49. The molecule has 0 aromatic carbocycles. The fourth-order valence-electron chi connectivity index (χ4n) is 4.97. The number of aryl methyl sites for hydroxylation is 4. The van der Waals surface area contributed by atoms with Gasteiger partial charge in [0.05, 0.1) is 12.8 Å². The predicted molar refractivity (Wildman–Crippen MR) is 141 cm³/mol. The molecule has 2 nitrogen and oxygen atoms in total. The van der Waals surface area contributed by atoms with Crippen molar-refractivity contribution in [3.8, 4) is 0 Å². The molecule has 0 radical (unpaired) electrons. The highest BCUT2D eigenvalue weighted by atomic mass is 35.5. The van der Waals surface area contributed by atoms with E-state index in [0.717, 1.165) is 48.8 Å². The van der Waals surface area contributed by atoms with Crippen molar-refractivity contribution in [3.63, 3.8) is 0 Å². The molecule has 2 aromatic rings. The maximum absolute atomic E-state index is 14.3. The van der Waals surface area contributed by atoms with E-state index in [9.17, 15) is 114 Å². The lowest BCUT2D eigenvalue weighted by Gasteiger charge is -2.39. The fraction of sp³-hybridized carbons (Fsp3) is 0.667. The van der Waals surface area contributed by atoms with Crippen LogP contribution < -0.4 is 33.9 Å². The first-order valence-corrected chi connectivity index (χ1v) is 15.5. The van der Waals surface area contributed by atoms with Gasteiger partial charge in [0.1, 0.15) is 0 Å². The molecular formula is C30H24Cl2F26N2. The van der Waals surface area contributed by atoms with Crippen LogP contribution in [0.1, 0.15) is 37.1 Å². The molecule has 2 aromatic heterocycles. The van der Waals surface area contributed by atoms with Crippen LogP contribution in [0.25, 0.3) is 0 Å². The number of nitrogens with zero attached hydrogens (tertiary/aromatic N) is 2. The van der Waals surface area contributed by atoms with Crippen LogP contribution in [0, 0.1) is 0 Å². The molecule has 0 aliphatic rings. The Labute approximate surface area is 331 Å². The number of aromatic nitrogens is 2. The molecule has 0 aliphatic carbocycles. The lowest BCUT2D eigenvalue weighted by atomic mass is 9.92. The largest absolute Gasteiger partial charge is 1.00 e. The Kier molecular flexibility index (Phi) is 17.2. The van der Waals surface area contributed by atoms with E-state index in [1.807, 2.05) is 0 Å². The zero-order valence-electron chi connectivity index (χ0n) is 28.8. The van der Waals surface area contributed by atoms with Gasteiger partial charge in [0.25, 0.3) is 0 Å². The average molecular weight is 977 g/mol. The predicted octanol–water partition coefficient (Wildman–Crippen LogP) is 5.09. The number of unbranched alkanes of at least 4 members (excludes halogenated alkanes) is 1. The summed E-state index contributed by atoms with van der Waals surface area (Å²) < 4.78 is 351. The molecule has 0 spiro atoms. The first-order chi connectivity index (χ1) is 25.6. The maximum atomic E-state index is 14.3. The van der Waals surface area contributed by atoms with Crippen molar-refractivity contribution in [1.29, 1.82) is 0 Å². The Hall–Kier alpha value is -2.94. The van der Waals surface area contributed by atoms with Crippen molar-refractivity contribution in [3.05, 3.63) is 60.2 Å². The van der Waals surface area contributed by atoms with Gasteiger partial charge in [-0.15, -0.1) is 0 Å². The van der Waals surface area contributed by atoms with Gasteiger partial charge in [0, 0.05) is 37.1 Å². The summed E-state index contributed by atoms with van der Waals surface area (Å²) >= 11 is 0. The summed E-state index contributed by atoms with van der Waals surface area (Å²) in [5.74, 6) is -75.8. The summed E-state index contributed by atoms with van der Waals surface area (Å²) in [6.07, 6.45) is -19.6. The summed E-state index contributed by atoms with van der Waals surface area (Å²) in [4.78, 5) is 0. The molecule has 0 saturated heterocycles. The molecular weight excluding hydrogens is 953 g/mol. The van der Waals surface area contributed by atoms with Gasteiger partial charge in [-0.25, -0.2) is 9.13 Å². The van der Waals surface area contributed by atoms with E-state index in [-0.39, 0.29) is 61.9 Å². The Bertz CT molecular complexity index is 1580. The SMILES string of the molecule is FC(F)(F)C(F)(F)C(F)(F)C(F)(F)C(F)(F)C(F)(F)CC[n+]1ccccc1CCCCc1cccc[n+]1CCC(F)(F)C(F)(F)C(F)(F)C(F)(F)C(F)(F)C(F)(F)F.[Cl-].[Cl-]. The van der Waals surface area contributed by atoms with Crippen LogP contribution in [0.4, 0.5) is 114 Å². The van der Waals surface area contributed by atoms with Gasteiger partial charge in [-0.1, -0.05) is 12.1 Å². The molecule has 0 amide bonds. The van der Waals surface area contributed by atoms with Crippen LogP contribution in [-0.4, -0.2) is 71.6 Å². The second-order valence-corrected chi connectivity index (χ2v) is 12.5. The number of hydrogen-bond donors (Lipinski definition) is 0. The van der Waals surface area contributed by atoms with E-state index in [4.69, 9.17) is 0 Å². The monoisotopic (exact) mass is 976 g/mol. The first kappa shape index (κ1) is 57.1. The van der Waals surface area contributed by atoms with Gasteiger partial charge in [0.2, 0.25) is 0 Å². The zero-order chi connectivity index (χ0) is 45.6. The molecule has 2 heterocycles. The van der Waals surface area contributed by atoms with Crippen molar-refractivity contribution >= 4 is 0 Å². The molecule has 0 fully saturated rings. The number of alkyl halides is 26. The molecule has 0 aliphatic heterocycles. The number of halogens is 28. The number of rotatable bonds is 19. The first-order valence-electron chi connectivity index (χ1n) is 15.5. The van der Waals surface area contributed by atoms with Crippen LogP contribution in [0.5, 0.6) is 0 Å². The Morgan fingerprint density at radius 1 is 0.333 bits per heavy atom. The Morgan fingerprint density at radius 3 is 0.833 bits per heavy atom. The third kappa shape index (κ3) is 9.81. The van der Waals surface area contributed by atoms with Crippen LogP contribution in [-0.2, 0) is 25.9 Å². The molecule has 30 heteroatoms. The molecule has 0 saturated carbocycles. The van der Waals surface area contributed by atoms with Crippen LogP contribution >= 0.6 is 0 Å². The molecule has 0 N–H and O–H groups in total. The van der Waals surface area contributed by atoms with Crippen LogP contribution in [0.2, 0.25) is 0 Å². The molecule has 0 atom stereocenters. The van der Waals surface area contributed by atoms with E-state index in [0.29, 0.717) is 9.13 Å². The van der Waals surface area contributed by atoms with E-state index in [1.54, 1.807) is 0 Å². The van der Waals surface area contributed by atoms with Crippen molar-refractivity contribution in [2.75, 3.05) is 0 Å². The normalized spacial score (nSPS) is 14.8. The Balaban J connectivity index is 0.0000174. The lowest BCUT2D eigenvalue weighted by Crippen LogP contribution is -3.00. The van der Waals surface area contributed by atoms with Gasteiger partial charge in [-0.05, 0) is 12.8 Å². The summed E-state index contributed by atoms with van der Waals surface area (Å²) in [7, 11) is 0. The van der Waals surface area contributed by atoms with E-state index in [1.165, 1.54) is 0 Å². The van der Waals surface area contributed by atoms with Crippen molar-refractivity contribution in [2.45, 2.75) is 123 Å². The third-order valence-electron chi connectivity index (χ3n) is 8.52. The Morgan fingerprint density at radius 2 is 0.583 bits per heavy atom. The van der Waals surface area contributed by atoms with E-state index in [2.05, 4.69) is 0 Å². The quantitative estimate of drug-likeness (QED) is 0.106. The minimum Gasteiger partial charge on any atom is -1.00 e. The van der Waals surface area contributed by atoms with Crippen molar-refractivity contribution in [2.24, 2.45) is 0 Å². The third-order valence-corrected chi connectivity index (χ3v) is 8.52. The smallest absolute Gasteiger partial charge is 0.460 e. The molecule has 0 unspecified atom stereocenters. The maximum Gasteiger partial charge on any atom is 0.460 e. The minimum atomic E-state index is -8.09. The van der Waals surface area contributed by atoms with Crippen molar-refractivity contribution < 1.29 is 148 Å². The van der Waals surface area contributed by atoms with Gasteiger partial charge in [-0.3, -0.25) is 0 Å². The second kappa shape index (κ2) is 18.0. The summed E-state index contributed by atoms with van der Waals surface area (Å²) in [5, 5.41) is 0. The highest BCUT2D eigenvalue weighted by Crippen LogP contribution is 2.62. The van der Waals surface area contributed by atoms with E-state index >= 15 is 0 Å². The standard InChI is InChI=1S/C30H24F26N2.2ClH/c31-19(32,21(35,36)23(39,40)25(43,44)27(47,48)29(51,52)53)11-15-57-13-5-3-9-17(57)7-1-2-8-18-10-4-6-14-58(18)16-12-20(33,34)22(37,38)24(41,42)26(45,46)28(49,50)30(54,55)56;;/h3-6,9-10,13-14H,1-2,7-8,11-12,15-16H2;2*1H/q+2;;/p-2. The van der Waals surface area contributed by atoms with E-state index < -0.39 is 97.5 Å². The highest BCUT2D eigenvalue weighted by molar-refractivity contribution is 5.11. The molecule has 2 rings (SSSR count). The summed E-state index contributed by atoms with van der Waals surface area (Å²) in [5.41, 5.74) is -0.307. The number of hydrogen-bond acceptors (Lipinski definition) is 0. The molecule has 60 heavy (non-hydrogen) atoms.